The fourth-order valence-corrected chi connectivity index (χ4v) is 4.37. The Morgan fingerprint density at radius 2 is 1.83 bits per heavy atom. The van der Waals surface area contributed by atoms with E-state index in [1.165, 1.54) is 24.3 Å². The number of nitrogens with one attached hydrogen (secondary N) is 1. The van der Waals surface area contributed by atoms with Crippen molar-refractivity contribution in [2.45, 2.75) is 6.42 Å². The van der Waals surface area contributed by atoms with E-state index in [-0.39, 0.29) is 11.7 Å². The summed E-state index contributed by atoms with van der Waals surface area (Å²) in [6, 6.07) is 21.7. The minimum absolute atomic E-state index is 0.107. The number of para-hydroxylation sites is 1. The van der Waals surface area contributed by atoms with E-state index in [1.54, 1.807) is 16.2 Å². The molecule has 0 aliphatic carbocycles. The zero-order chi connectivity index (χ0) is 20.5. The SMILES string of the molecule is O=C(c1ccc(F)cc1)N1CCc2cc(-c3csc(Nc4ccccc4)n3)ccc21. The number of hydrogen-bond donors (Lipinski definition) is 1. The third-order valence-electron chi connectivity index (χ3n) is 5.14. The van der Waals surface area contributed by atoms with Gasteiger partial charge in [0.25, 0.3) is 5.91 Å². The Bertz CT molecular complexity index is 1200. The number of thiazole rings is 1. The third kappa shape index (κ3) is 3.57. The summed E-state index contributed by atoms with van der Waals surface area (Å²) in [6.45, 7) is 0.618. The first-order chi connectivity index (χ1) is 14.7. The lowest BCUT2D eigenvalue weighted by atomic mass is 10.1. The number of amides is 1. The number of benzene rings is 3. The van der Waals surface area contributed by atoms with E-state index in [9.17, 15) is 9.18 Å². The van der Waals surface area contributed by atoms with Gasteiger partial charge in [-0.15, -0.1) is 11.3 Å². The molecule has 4 nitrogen and oxygen atoms in total. The number of aromatic nitrogens is 1. The average Bonchev–Trinajstić information content (AvgIpc) is 3.41. The first-order valence-corrected chi connectivity index (χ1v) is 10.5. The molecule has 0 spiro atoms. The Kier molecular flexibility index (Phi) is 4.77. The molecule has 0 bridgehead atoms. The first-order valence-electron chi connectivity index (χ1n) is 9.66. The number of nitrogens with zero attached hydrogens (tertiary/aromatic N) is 2. The van der Waals surface area contributed by atoms with Crippen LogP contribution in [0.2, 0.25) is 0 Å². The Balaban J connectivity index is 1.36. The number of fused-ring (bicyclic) bond motifs is 1. The second-order valence-electron chi connectivity index (χ2n) is 7.09. The van der Waals surface area contributed by atoms with Gasteiger partial charge in [0.1, 0.15) is 5.82 Å². The molecule has 1 aromatic heterocycles. The molecule has 0 atom stereocenters. The van der Waals surface area contributed by atoms with Crippen molar-refractivity contribution in [3.05, 3.63) is 95.1 Å². The number of carbonyl (C=O) groups excluding carboxylic acids is 1. The highest BCUT2D eigenvalue weighted by atomic mass is 32.1. The molecule has 0 unspecified atom stereocenters. The first kappa shape index (κ1) is 18.5. The van der Waals surface area contributed by atoms with E-state index >= 15 is 0 Å². The minimum atomic E-state index is -0.345. The van der Waals surface area contributed by atoms with Crippen LogP contribution in [0.3, 0.4) is 0 Å². The molecule has 1 aliphatic rings. The predicted octanol–water partition coefficient (Wildman–Crippen LogP) is 5.90. The maximum atomic E-state index is 13.2. The van der Waals surface area contributed by atoms with E-state index in [2.05, 4.69) is 11.4 Å². The molecule has 0 radical (unpaired) electrons. The lowest BCUT2D eigenvalue weighted by Crippen LogP contribution is -2.28. The van der Waals surface area contributed by atoms with Crippen LogP contribution in [0.25, 0.3) is 11.3 Å². The highest BCUT2D eigenvalue weighted by Gasteiger charge is 2.26. The Labute approximate surface area is 177 Å². The summed E-state index contributed by atoms with van der Waals surface area (Å²) in [7, 11) is 0. The number of hydrogen-bond acceptors (Lipinski definition) is 4. The highest BCUT2D eigenvalue weighted by molar-refractivity contribution is 7.14. The molecule has 0 saturated heterocycles. The molecule has 2 heterocycles. The van der Waals surface area contributed by atoms with Crippen LogP contribution in [0.5, 0.6) is 0 Å². The number of anilines is 3. The van der Waals surface area contributed by atoms with Crippen molar-refractivity contribution in [1.82, 2.24) is 4.98 Å². The Hall–Kier alpha value is -3.51. The van der Waals surface area contributed by atoms with E-state index in [0.717, 1.165) is 39.7 Å². The summed E-state index contributed by atoms with van der Waals surface area (Å²) >= 11 is 1.56. The lowest BCUT2D eigenvalue weighted by molar-refractivity contribution is 0.0989. The van der Waals surface area contributed by atoms with Crippen LogP contribution in [0.15, 0.2) is 78.2 Å². The van der Waals surface area contributed by atoms with Gasteiger partial charge < -0.3 is 10.2 Å². The van der Waals surface area contributed by atoms with E-state index in [0.29, 0.717) is 12.1 Å². The minimum Gasteiger partial charge on any atom is -0.332 e. The molecular formula is C24H18FN3OS. The van der Waals surface area contributed by atoms with Crippen molar-refractivity contribution in [2.75, 3.05) is 16.8 Å². The van der Waals surface area contributed by atoms with Crippen molar-refractivity contribution in [3.63, 3.8) is 0 Å². The number of carbonyl (C=O) groups is 1. The van der Waals surface area contributed by atoms with Gasteiger partial charge in [-0.3, -0.25) is 4.79 Å². The summed E-state index contributed by atoms with van der Waals surface area (Å²) in [5.41, 5.74) is 5.46. The smallest absolute Gasteiger partial charge is 0.258 e. The molecule has 4 aromatic rings. The van der Waals surface area contributed by atoms with Gasteiger partial charge in [-0.1, -0.05) is 24.3 Å². The van der Waals surface area contributed by atoms with Gasteiger partial charge >= 0.3 is 0 Å². The average molecular weight is 415 g/mol. The highest BCUT2D eigenvalue weighted by Crippen LogP contribution is 2.34. The fourth-order valence-electron chi connectivity index (χ4n) is 3.63. The van der Waals surface area contributed by atoms with Crippen LogP contribution in [0, 0.1) is 5.82 Å². The van der Waals surface area contributed by atoms with Crippen molar-refractivity contribution < 1.29 is 9.18 Å². The van der Waals surface area contributed by atoms with Gasteiger partial charge in [0.05, 0.1) is 5.69 Å². The van der Waals surface area contributed by atoms with Gasteiger partial charge in [0.2, 0.25) is 0 Å². The zero-order valence-electron chi connectivity index (χ0n) is 16.0. The molecule has 1 N–H and O–H groups in total. The number of rotatable bonds is 4. The molecule has 30 heavy (non-hydrogen) atoms. The maximum absolute atomic E-state index is 13.2. The molecule has 1 aliphatic heterocycles. The van der Waals surface area contributed by atoms with E-state index < -0.39 is 0 Å². The number of halogens is 1. The Morgan fingerprint density at radius 3 is 2.63 bits per heavy atom. The lowest BCUT2D eigenvalue weighted by Gasteiger charge is -2.17. The largest absolute Gasteiger partial charge is 0.332 e. The van der Waals surface area contributed by atoms with Crippen molar-refractivity contribution in [3.8, 4) is 11.3 Å². The molecule has 1 amide bonds. The molecule has 148 valence electrons. The van der Waals surface area contributed by atoms with Gasteiger partial charge in [0, 0.05) is 34.4 Å². The zero-order valence-corrected chi connectivity index (χ0v) is 16.8. The van der Waals surface area contributed by atoms with E-state index in [1.807, 2.05) is 47.8 Å². The van der Waals surface area contributed by atoms with Crippen LogP contribution >= 0.6 is 11.3 Å². The second-order valence-corrected chi connectivity index (χ2v) is 7.94. The topological polar surface area (TPSA) is 45.2 Å². The van der Waals surface area contributed by atoms with Crippen LogP contribution in [0.4, 0.5) is 20.9 Å². The molecule has 5 rings (SSSR count). The van der Waals surface area contributed by atoms with Gasteiger partial charge in [-0.2, -0.15) is 0 Å². The summed E-state index contributed by atoms with van der Waals surface area (Å²) in [5, 5.41) is 6.19. The van der Waals surface area contributed by atoms with Crippen LogP contribution < -0.4 is 10.2 Å². The van der Waals surface area contributed by atoms with Crippen LogP contribution in [-0.2, 0) is 6.42 Å². The van der Waals surface area contributed by atoms with Gasteiger partial charge in [0.15, 0.2) is 5.13 Å². The predicted molar refractivity (Wildman–Crippen MR) is 119 cm³/mol. The molecule has 6 heteroatoms. The van der Waals surface area contributed by atoms with Crippen molar-refractivity contribution >= 4 is 33.8 Å². The van der Waals surface area contributed by atoms with Crippen molar-refractivity contribution in [2.24, 2.45) is 0 Å². The standard InChI is InChI=1S/C24H18FN3OS/c25-19-9-6-16(7-10-19)23(29)28-13-12-18-14-17(8-11-22(18)28)21-15-30-24(27-21)26-20-4-2-1-3-5-20/h1-11,14-15H,12-13H2,(H,26,27). The third-order valence-corrected chi connectivity index (χ3v) is 5.89. The quantitative estimate of drug-likeness (QED) is 0.452. The second kappa shape index (κ2) is 7.72. The molecular weight excluding hydrogens is 397 g/mol. The van der Waals surface area contributed by atoms with E-state index in [4.69, 9.17) is 4.98 Å². The summed E-state index contributed by atoms with van der Waals surface area (Å²) in [4.78, 5) is 19.3. The maximum Gasteiger partial charge on any atom is 0.258 e. The normalized spacial score (nSPS) is 12.6. The van der Waals surface area contributed by atoms with Gasteiger partial charge in [-0.25, -0.2) is 9.37 Å². The fraction of sp³-hybridized carbons (Fsp3) is 0.0833. The summed E-state index contributed by atoms with van der Waals surface area (Å²) < 4.78 is 13.2. The Morgan fingerprint density at radius 1 is 1.03 bits per heavy atom. The van der Waals surface area contributed by atoms with Crippen LogP contribution in [0.1, 0.15) is 15.9 Å². The summed E-state index contributed by atoms with van der Waals surface area (Å²) in [5.74, 6) is -0.452. The summed E-state index contributed by atoms with van der Waals surface area (Å²) in [6.07, 6.45) is 0.787. The van der Waals surface area contributed by atoms with Crippen molar-refractivity contribution in [1.29, 1.82) is 0 Å². The monoisotopic (exact) mass is 415 g/mol. The van der Waals surface area contributed by atoms with Crippen LogP contribution in [-0.4, -0.2) is 17.4 Å². The van der Waals surface area contributed by atoms with Gasteiger partial charge in [-0.05, 0) is 60.5 Å². The molecule has 0 saturated carbocycles. The molecule has 0 fully saturated rings. The molecule has 3 aromatic carbocycles.